The van der Waals surface area contributed by atoms with Crippen LogP contribution < -0.4 is 5.32 Å². The molecule has 19 heavy (non-hydrogen) atoms. The van der Waals surface area contributed by atoms with E-state index in [0.717, 1.165) is 18.7 Å². The van der Waals surface area contributed by atoms with Crippen molar-refractivity contribution in [1.82, 2.24) is 4.90 Å². The third kappa shape index (κ3) is 2.27. The zero-order valence-corrected chi connectivity index (χ0v) is 10.6. The lowest BCUT2D eigenvalue weighted by atomic mass is 10.1. The van der Waals surface area contributed by atoms with Gasteiger partial charge in [-0.2, -0.15) is 5.26 Å². The van der Waals surface area contributed by atoms with Crippen molar-refractivity contribution in [2.45, 2.75) is 12.5 Å². The van der Waals surface area contributed by atoms with Gasteiger partial charge in [0.2, 0.25) is 0 Å². The van der Waals surface area contributed by atoms with Gasteiger partial charge in [-0.15, -0.1) is 0 Å². The highest BCUT2D eigenvalue weighted by Gasteiger charge is 2.25. The summed E-state index contributed by atoms with van der Waals surface area (Å²) in [5.74, 6) is -0.0277. The molecule has 0 bridgehead atoms. The zero-order chi connectivity index (χ0) is 13.2. The Morgan fingerprint density at radius 2 is 2.42 bits per heavy atom. The summed E-state index contributed by atoms with van der Waals surface area (Å²) in [6.07, 6.45) is 0.503. The summed E-state index contributed by atoms with van der Waals surface area (Å²) in [5.41, 5.74) is 2.98. The molecule has 1 saturated heterocycles. The molecule has 2 aliphatic heterocycles. The molecule has 0 aromatic heterocycles. The van der Waals surface area contributed by atoms with Crippen LogP contribution in [0.4, 0.5) is 5.69 Å². The second-order valence-electron chi connectivity index (χ2n) is 4.79. The molecule has 98 valence electrons. The Morgan fingerprint density at radius 3 is 3.26 bits per heavy atom. The maximum Gasteiger partial charge on any atom is 0.254 e. The molecule has 3 rings (SSSR count). The van der Waals surface area contributed by atoms with Gasteiger partial charge in [0.15, 0.2) is 6.10 Å². The largest absolute Gasteiger partial charge is 0.384 e. The fourth-order valence-electron chi connectivity index (χ4n) is 2.52. The molecule has 5 heteroatoms. The molecule has 0 radical (unpaired) electrons. The Hall–Kier alpha value is -2.06. The molecule has 1 aromatic rings. The lowest BCUT2D eigenvalue weighted by Gasteiger charge is -2.29. The topological polar surface area (TPSA) is 65.4 Å². The van der Waals surface area contributed by atoms with E-state index in [9.17, 15) is 4.79 Å². The first kappa shape index (κ1) is 12.0. The Kier molecular flexibility index (Phi) is 3.10. The van der Waals surface area contributed by atoms with Crippen LogP contribution in [0.1, 0.15) is 15.9 Å². The second-order valence-corrected chi connectivity index (χ2v) is 4.79. The number of anilines is 1. The number of ether oxygens (including phenoxy) is 1. The molecular formula is C14H15N3O2. The van der Waals surface area contributed by atoms with Crippen LogP contribution in [0.25, 0.3) is 0 Å². The molecule has 1 atom stereocenters. The molecule has 0 saturated carbocycles. The van der Waals surface area contributed by atoms with Gasteiger partial charge in [0.25, 0.3) is 5.91 Å². The highest BCUT2D eigenvalue weighted by atomic mass is 16.5. The van der Waals surface area contributed by atoms with Crippen LogP contribution in [0, 0.1) is 11.3 Å². The van der Waals surface area contributed by atoms with E-state index in [0.29, 0.717) is 25.3 Å². The summed E-state index contributed by atoms with van der Waals surface area (Å²) >= 11 is 0. The average molecular weight is 257 g/mol. The number of morpholine rings is 1. The van der Waals surface area contributed by atoms with Crippen molar-refractivity contribution in [1.29, 1.82) is 5.26 Å². The average Bonchev–Trinajstić information content (AvgIpc) is 2.94. The van der Waals surface area contributed by atoms with Gasteiger partial charge in [-0.3, -0.25) is 4.79 Å². The van der Waals surface area contributed by atoms with Crippen LogP contribution in [0.2, 0.25) is 0 Å². The van der Waals surface area contributed by atoms with Crippen molar-refractivity contribution in [3.8, 4) is 6.07 Å². The molecule has 1 unspecified atom stereocenters. The highest BCUT2D eigenvalue weighted by molar-refractivity contribution is 5.95. The lowest BCUT2D eigenvalue weighted by molar-refractivity contribution is 0.00347. The number of carbonyl (C=O) groups excluding carboxylic acids is 1. The maximum atomic E-state index is 12.4. The van der Waals surface area contributed by atoms with Crippen molar-refractivity contribution in [2.24, 2.45) is 0 Å². The Morgan fingerprint density at radius 1 is 1.53 bits per heavy atom. The summed E-state index contributed by atoms with van der Waals surface area (Å²) in [6, 6.07) is 7.83. The number of rotatable bonds is 1. The zero-order valence-electron chi connectivity index (χ0n) is 10.6. The van der Waals surface area contributed by atoms with E-state index in [2.05, 4.69) is 11.4 Å². The first-order valence-electron chi connectivity index (χ1n) is 6.45. The molecule has 1 N–H and O–H groups in total. The van der Waals surface area contributed by atoms with Crippen LogP contribution in [-0.2, 0) is 11.2 Å². The summed E-state index contributed by atoms with van der Waals surface area (Å²) < 4.78 is 5.25. The first-order valence-corrected chi connectivity index (χ1v) is 6.45. The quantitative estimate of drug-likeness (QED) is 0.815. The van der Waals surface area contributed by atoms with Gasteiger partial charge in [-0.05, 0) is 24.1 Å². The standard InChI is InChI=1S/C14H15N3O2/c15-8-12-9-17(5-6-19-12)14(18)11-2-1-10-3-4-16-13(10)7-11/h1-2,7,12,16H,3-6,9H2. The van der Waals surface area contributed by atoms with E-state index < -0.39 is 6.10 Å². The summed E-state index contributed by atoms with van der Waals surface area (Å²) in [7, 11) is 0. The predicted octanol–water partition coefficient (Wildman–Crippen LogP) is 1.02. The molecule has 1 fully saturated rings. The first-order chi connectivity index (χ1) is 9.28. The number of nitrogens with one attached hydrogen (secondary N) is 1. The summed E-state index contributed by atoms with van der Waals surface area (Å²) in [5, 5.41) is 12.1. The van der Waals surface area contributed by atoms with Crippen LogP contribution in [0.5, 0.6) is 0 Å². The van der Waals surface area contributed by atoms with Crippen molar-refractivity contribution in [3.05, 3.63) is 29.3 Å². The van der Waals surface area contributed by atoms with Gasteiger partial charge in [0.1, 0.15) is 0 Å². The lowest BCUT2D eigenvalue weighted by Crippen LogP contribution is -2.45. The van der Waals surface area contributed by atoms with Crippen molar-refractivity contribution in [3.63, 3.8) is 0 Å². The number of carbonyl (C=O) groups is 1. The van der Waals surface area contributed by atoms with Crippen molar-refractivity contribution >= 4 is 11.6 Å². The number of hydrogen-bond acceptors (Lipinski definition) is 4. The molecule has 2 heterocycles. The molecule has 1 aromatic carbocycles. The molecule has 2 aliphatic rings. The fraction of sp³-hybridized carbons (Fsp3) is 0.429. The third-order valence-corrected chi connectivity index (χ3v) is 3.56. The van der Waals surface area contributed by atoms with E-state index in [-0.39, 0.29) is 5.91 Å². The molecule has 1 amide bonds. The normalized spacial score (nSPS) is 21.4. The van der Waals surface area contributed by atoms with Crippen molar-refractivity contribution < 1.29 is 9.53 Å². The summed E-state index contributed by atoms with van der Waals surface area (Å²) in [4.78, 5) is 14.1. The fourth-order valence-corrected chi connectivity index (χ4v) is 2.52. The SMILES string of the molecule is N#CC1CN(C(=O)c2ccc3c(c2)NCC3)CCO1. The maximum absolute atomic E-state index is 12.4. The van der Waals surface area contributed by atoms with E-state index in [4.69, 9.17) is 10.00 Å². The predicted molar refractivity (Wildman–Crippen MR) is 69.9 cm³/mol. The van der Waals surface area contributed by atoms with E-state index in [1.165, 1.54) is 5.56 Å². The second kappa shape index (κ2) is 4.90. The minimum Gasteiger partial charge on any atom is -0.384 e. The van der Waals surface area contributed by atoms with Gasteiger partial charge in [-0.25, -0.2) is 0 Å². The number of nitrogens with zero attached hydrogens (tertiary/aromatic N) is 2. The highest BCUT2D eigenvalue weighted by Crippen LogP contribution is 2.24. The molecule has 0 aliphatic carbocycles. The van der Waals surface area contributed by atoms with Gasteiger partial charge >= 0.3 is 0 Å². The summed E-state index contributed by atoms with van der Waals surface area (Å²) in [6.45, 7) is 2.25. The van der Waals surface area contributed by atoms with E-state index >= 15 is 0 Å². The Bertz CT molecular complexity index is 550. The number of nitriles is 1. The minimum atomic E-state index is -0.509. The molecule has 5 nitrogen and oxygen atoms in total. The Balaban J connectivity index is 1.78. The van der Waals surface area contributed by atoms with Gasteiger partial charge < -0.3 is 15.0 Å². The number of amides is 1. The number of benzene rings is 1. The van der Waals surface area contributed by atoms with Gasteiger partial charge in [0, 0.05) is 24.3 Å². The van der Waals surface area contributed by atoms with Crippen LogP contribution in [-0.4, -0.2) is 43.2 Å². The minimum absolute atomic E-state index is 0.0277. The van der Waals surface area contributed by atoms with Crippen LogP contribution >= 0.6 is 0 Å². The van der Waals surface area contributed by atoms with Crippen LogP contribution in [0.3, 0.4) is 0 Å². The van der Waals surface area contributed by atoms with E-state index in [1.807, 2.05) is 18.2 Å². The monoisotopic (exact) mass is 257 g/mol. The Labute approximate surface area is 111 Å². The molecular weight excluding hydrogens is 242 g/mol. The molecule has 0 spiro atoms. The smallest absolute Gasteiger partial charge is 0.254 e. The van der Waals surface area contributed by atoms with Crippen molar-refractivity contribution in [2.75, 3.05) is 31.6 Å². The van der Waals surface area contributed by atoms with E-state index in [1.54, 1.807) is 4.90 Å². The third-order valence-electron chi connectivity index (χ3n) is 3.56. The van der Waals surface area contributed by atoms with Gasteiger partial charge in [0.05, 0.1) is 19.2 Å². The number of hydrogen-bond donors (Lipinski definition) is 1. The number of fused-ring (bicyclic) bond motifs is 1. The van der Waals surface area contributed by atoms with Gasteiger partial charge in [-0.1, -0.05) is 6.07 Å². The van der Waals surface area contributed by atoms with Crippen LogP contribution in [0.15, 0.2) is 18.2 Å².